The lowest BCUT2D eigenvalue weighted by Gasteiger charge is -2.42. The maximum absolute atomic E-state index is 11.9. The molecule has 10 heteroatoms. The summed E-state index contributed by atoms with van der Waals surface area (Å²) < 4.78 is 9.34. The van der Waals surface area contributed by atoms with Gasteiger partial charge in [0, 0.05) is 18.2 Å². The first-order valence-corrected chi connectivity index (χ1v) is 11.0. The first-order chi connectivity index (χ1) is 15.8. The summed E-state index contributed by atoms with van der Waals surface area (Å²) in [7, 11) is 0. The van der Waals surface area contributed by atoms with Crippen molar-refractivity contribution in [1.82, 2.24) is 19.7 Å². The van der Waals surface area contributed by atoms with Gasteiger partial charge in [-0.1, -0.05) is 48.0 Å². The van der Waals surface area contributed by atoms with Crippen LogP contribution in [0.3, 0.4) is 0 Å². The zero-order valence-corrected chi connectivity index (χ0v) is 19.0. The summed E-state index contributed by atoms with van der Waals surface area (Å²) in [6, 6.07) is 16.2. The summed E-state index contributed by atoms with van der Waals surface area (Å²) in [5.41, 5.74) is 2.67. The quantitative estimate of drug-likeness (QED) is 0.417. The molecule has 174 valence electrons. The molecule has 0 aliphatic carbocycles. The predicted molar refractivity (Wildman–Crippen MR) is 123 cm³/mol. The van der Waals surface area contributed by atoms with Gasteiger partial charge in [0.05, 0.1) is 6.61 Å². The van der Waals surface area contributed by atoms with Crippen LogP contribution in [0.15, 0.2) is 54.6 Å². The smallest absolute Gasteiger partial charge is 0.217 e. The molecular formula is C23H26N4O5S. The van der Waals surface area contributed by atoms with Crippen molar-refractivity contribution >= 4 is 18.1 Å². The third-order valence-corrected chi connectivity index (χ3v) is 6.01. The van der Waals surface area contributed by atoms with Crippen molar-refractivity contribution in [1.29, 1.82) is 0 Å². The Kier molecular flexibility index (Phi) is 6.73. The van der Waals surface area contributed by atoms with E-state index in [1.165, 1.54) is 11.6 Å². The van der Waals surface area contributed by atoms with Gasteiger partial charge in [0.25, 0.3) is 0 Å². The van der Waals surface area contributed by atoms with Gasteiger partial charge in [-0.3, -0.25) is 9.36 Å². The summed E-state index contributed by atoms with van der Waals surface area (Å²) in [6.07, 6.45) is -4.95. The molecular weight excluding hydrogens is 444 g/mol. The van der Waals surface area contributed by atoms with E-state index in [1.807, 2.05) is 61.5 Å². The molecule has 5 atom stereocenters. The van der Waals surface area contributed by atoms with Gasteiger partial charge < -0.3 is 25.4 Å². The highest BCUT2D eigenvalue weighted by Crippen LogP contribution is 2.31. The number of aryl methyl sites for hydroxylation is 1. The zero-order valence-electron chi connectivity index (χ0n) is 18.2. The van der Waals surface area contributed by atoms with Crippen LogP contribution in [0.2, 0.25) is 0 Å². The molecule has 2 heterocycles. The second kappa shape index (κ2) is 9.54. The first-order valence-electron chi connectivity index (χ1n) is 10.6. The summed E-state index contributed by atoms with van der Waals surface area (Å²) in [4.78, 5) is 11.9. The number of carbonyl (C=O) groups excluding carboxylic acids is 1. The third kappa shape index (κ3) is 4.48. The number of carbonyl (C=O) groups is 1. The fourth-order valence-electron chi connectivity index (χ4n) is 3.95. The fourth-order valence-corrected chi connectivity index (χ4v) is 4.28. The molecule has 9 nitrogen and oxygen atoms in total. The average Bonchev–Trinajstić information content (AvgIpc) is 3.15. The number of nitrogens with zero attached hydrogens (tertiary/aromatic N) is 3. The highest BCUT2D eigenvalue weighted by molar-refractivity contribution is 7.71. The Labute approximate surface area is 195 Å². The van der Waals surface area contributed by atoms with Crippen molar-refractivity contribution in [2.24, 2.45) is 0 Å². The Morgan fingerprint density at radius 3 is 2.39 bits per heavy atom. The number of ether oxygens (including phenoxy) is 1. The monoisotopic (exact) mass is 470 g/mol. The Morgan fingerprint density at radius 2 is 1.79 bits per heavy atom. The van der Waals surface area contributed by atoms with Crippen LogP contribution in [-0.4, -0.2) is 66.5 Å². The van der Waals surface area contributed by atoms with Crippen molar-refractivity contribution < 1.29 is 24.9 Å². The van der Waals surface area contributed by atoms with E-state index in [4.69, 9.17) is 22.1 Å². The van der Waals surface area contributed by atoms with Crippen LogP contribution in [0.1, 0.15) is 18.7 Å². The van der Waals surface area contributed by atoms with E-state index in [2.05, 4.69) is 5.32 Å². The van der Waals surface area contributed by atoms with E-state index in [-0.39, 0.29) is 4.77 Å². The van der Waals surface area contributed by atoms with Gasteiger partial charge in [0.1, 0.15) is 24.4 Å². The number of aliphatic hydroxyl groups is 3. The summed E-state index contributed by atoms with van der Waals surface area (Å²) in [5.74, 6) is 0.118. The molecule has 4 N–H and O–H groups in total. The van der Waals surface area contributed by atoms with Crippen molar-refractivity contribution in [3.05, 3.63) is 64.9 Å². The van der Waals surface area contributed by atoms with E-state index in [0.717, 1.165) is 16.8 Å². The van der Waals surface area contributed by atoms with Crippen molar-refractivity contribution in [3.63, 3.8) is 0 Å². The van der Waals surface area contributed by atoms with Crippen LogP contribution < -0.4 is 5.32 Å². The van der Waals surface area contributed by atoms with Gasteiger partial charge >= 0.3 is 0 Å². The summed E-state index contributed by atoms with van der Waals surface area (Å²) in [6.45, 7) is 2.76. The Morgan fingerprint density at radius 1 is 1.12 bits per heavy atom. The van der Waals surface area contributed by atoms with Gasteiger partial charge in [-0.05, 0) is 31.3 Å². The lowest BCUT2D eigenvalue weighted by molar-refractivity contribution is -0.219. The number of rotatable bonds is 5. The molecule has 1 aliphatic heterocycles. The van der Waals surface area contributed by atoms with E-state index in [0.29, 0.717) is 5.82 Å². The molecule has 4 rings (SSSR count). The van der Waals surface area contributed by atoms with Crippen LogP contribution in [0.4, 0.5) is 0 Å². The van der Waals surface area contributed by atoms with Crippen LogP contribution in [0.5, 0.6) is 0 Å². The molecule has 0 radical (unpaired) electrons. The van der Waals surface area contributed by atoms with E-state index in [1.54, 1.807) is 4.57 Å². The number of hydrogen-bond acceptors (Lipinski definition) is 7. The largest absolute Gasteiger partial charge is 0.394 e. The van der Waals surface area contributed by atoms with Gasteiger partial charge in [-0.25, -0.2) is 4.68 Å². The number of aromatic nitrogens is 3. The number of benzene rings is 2. The van der Waals surface area contributed by atoms with E-state index >= 15 is 0 Å². The number of hydrogen-bond donors (Lipinski definition) is 4. The lowest BCUT2D eigenvalue weighted by atomic mass is 9.96. The molecule has 1 amide bonds. The highest BCUT2D eigenvalue weighted by atomic mass is 32.1. The number of amides is 1. The van der Waals surface area contributed by atoms with E-state index in [9.17, 15) is 20.1 Å². The Bertz CT molecular complexity index is 1180. The minimum atomic E-state index is -1.41. The average molecular weight is 471 g/mol. The molecule has 2 aromatic carbocycles. The molecule has 0 bridgehead atoms. The molecule has 3 aromatic rings. The van der Waals surface area contributed by atoms with E-state index < -0.39 is 43.1 Å². The van der Waals surface area contributed by atoms with Gasteiger partial charge in [0.15, 0.2) is 12.1 Å². The zero-order chi connectivity index (χ0) is 23.7. The van der Waals surface area contributed by atoms with Crippen LogP contribution in [0.25, 0.3) is 17.1 Å². The second-order valence-corrected chi connectivity index (χ2v) is 8.41. The maximum Gasteiger partial charge on any atom is 0.217 e. The van der Waals surface area contributed by atoms with Gasteiger partial charge in [-0.15, -0.1) is 5.10 Å². The first kappa shape index (κ1) is 23.3. The third-order valence-electron chi connectivity index (χ3n) is 5.64. The molecule has 1 saturated heterocycles. The summed E-state index contributed by atoms with van der Waals surface area (Å²) >= 11 is 5.78. The Balaban J connectivity index is 1.90. The highest BCUT2D eigenvalue weighted by Gasteiger charge is 2.46. The van der Waals surface area contributed by atoms with Crippen molar-refractivity contribution in [2.45, 2.75) is 44.4 Å². The second-order valence-electron chi connectivity index (χ2n) is 8.04. The maximum atomic E-state index is 11.9. The number of nitrogens with one attached hydrogen (secondary N) is 1. The number of para-hydroxylation sites is 1. The summed E-state index contributed by atoms with van der Waals surface area (Å²) in [5, 5.41) is 38.1. The van der Waals surface area contributed by atoms with Crippen LogP contribution in [0, 0.1) is 11.7 Å². The topological polar surface area (TPSA) is 122 Å². The lowest BCUT2D eigenvalue weighted by Crippen LogP contribution is -2.62. The normalized spacial score (nSPS) is 25.1. The molecule has 0 unspecified atom stereocenters. The molecule has 1 aromatic heterocycles. The van der Waals surface area contributed by atoms with Crippen LogP contribution in [-0.2, 0) is 9.53 Å². The minimum absolute atomic E-state index is 0.261. The number of aliphatic hydroxyl groups excluding tert-OH is 3. The SMILES string of the molecule is CC(=O)N[C@H]1[C@H](O)[C@H](O)[C@H](CO)O[C@@H]1n1nc(-c2ccc(C)cc2)n(-c2ccccc2)c1=S. The Hall–Kier alpha value is -2.89. The van der Waals surface area contributed by atoms with Crippen LogP contribution >= 0.6 is 12.2 Å². The molecule has 0 spiro atoms. The molecule has 1 aliphatic rings. The predicted octanol–water partition coefficient (Wildman–Crippen LogP) is 1.49. The standard InChI is InChI=1S/C23H26N4O5S/c1-13-8-10-15(11-9-13)21-25-27(23(33)26(21)16-6-4-3-5-7-16)22-18(24-14(2)29)20(31)19(30)17(12-28)32-22/h3-11,17-20,22,28,30-31H,12H2,1-2H3,(H,24,29)/t17-,18-,19+,20-,22-/m0/s1. The van der Waals surface area contributed by atoms with Gasteiger partial charge in [-0.2, -0.15) is 0 Å². The van der Waals surface area contributed by atoms with Crippen molar-refractivity contribution in [3.8, 4) is 17.1 Å². The molecule has 0 saturated carbocycles. The molecule has 1 fully saturated rings. The van der Waals surface area contributed by atoms with Crippen molar-refractivity contribution in [2.75, 3.05) is 6.61 Å². The fraction of sp³-hybridized carbons (Fsp3) is 0.348. The van der Waals surface area contributed by atoms with Gasteiger partial charge in [0.2, 0.25) is 10.7 Å². The molecule has 33 heavy (non-hydrogen) atoms. The minimum Gasteiger partial charge on any atom is -0.394 e.